The molecule has 0 atom stereocenters. The van der Waals surface area contributed by atoms with Crippen LogP contribution in [0.3, 0.4) is 0 Å². The SMILES string of the molecule is [2H]OCCO[Si](C)(C)C(C)(C)C. The van der Waals surface area contributed by atoms with Crippen molar-refractivity contribution in [3.05, 3.63) is 0 Å². The van der Waals surface area contributed by atoms with E-state index in [-0.39, 0.29) is 5.04 Å². The van der Waals surface area contributed by atoms with Crippen molar-refractivity contribution in [3.8, 4) is 0 Å². The molecule has 0 saturated heterocycles. The zero-order chi connectivity index (χ0) is 9.83. The van der Waals surface area contributed by atoms with Crippen molar-refractivity contribution >= 4 is 8.32 Å². The van der Waals surface area contributed by atoms with E-state index in [0.29, 0.717) is 13.2 Å². The molecule has 0 aromatic rings. The first-order valence-corrected chi connectivity index (χ1v) is 6.94. The largest absolute Gasteiger partial charge is 0.414 e. The summed E-state index contributed by atoms with van der Waals surface area (Å²) in [5.41, 5.74) is 0. The van der Waals surface area contributed by atoms with Gasteiger partial charge in [0.1, 0.15) is 0 Å². The molecule has 0 amide bonds. The zero-order valence-corrected chi connectivity index (χ0v) is 9.23. The van der Waals surface area contributed by atoms with Crippen LogP contribution in [-0.4, -0.2) is 28.1 Å². The van der Waals surface area contributed by atoms with Crippen LogP contribution in [-0.2, 0) is 4.43 Å². The van der Waals surface area contributed by atoms with Gasteiger partial charge in [-0.05, 0) is 18.1 Å². The molecule has 0 fully saturated rings. The maximum atomic E-state index is 6.50. The second kappa shape index (κ2) is 3.69. The Morgan fingerprint density at radius 2 is 2.00 bits per heavy atom. The minimum Gasteiger partial charge on any atom is -0.414 e. The lowest BCUT2D eigenvalue weighted by atomic mass is 10.2. The fraction of sp³-hybridized carbons (Fsp3) is 1.00. The summed E-state index contributed by atoms with van der Waals surface area (Å²) in [5.74, 6) is 0. The van der Waals surface area contributed by atoms with E-state index in [4.69, 9.17) is 5.86 Å². The Morgan fingerprint density at radius 3 is 2.36 bits per heavy atom. The van der Waals surface area contributed by atoms with Crippen molar-refractivity contribution in [2.24, 2.45) is 0 Å². The molecule has 1 N–H and O–H groups in total. The maximum absolute atomic E-state index is 6.50. The fourth-order valence-electron chi connectivity index (χ4n) is 0.513. The van der Waals surface area contributed by atoms with Crippen LogP contribution in [0, 0.1) is 0 Å². The number of hydrogen-bond acceptors (Lipinski definition) is 2. The van der Waals surface area contributed by atoms with Crippen LogP contribution in [0.25, 0.3) is 0 Å². The van der Waals surface area contributed by atoms with Crippen LogP contribution >= 0.6 is 0 Å². The van der Waals surface area contributed by atoms with Crippen molar-refractivity contribution in [2.45, 2.75) is 38.9 Å². The summed E-state index contributed by atoms with van der Waals surface area (Å²) in [6, 6.07) is 0. The quantitative estimate of drug-likeness (QED) is 0.526. The van der Waals surface area contributed by atoms with Gasteiger partial charge in [0.25, 0.3) is 0 Å². The summed E-state index contributed by atoms with van der Waals surface area (Å²) in [7, 11) is -1.61. The molecule has 0 rings (SSSR count). The van der Waals surface area contributed by atoms with Crippen LogP contribution < -0.4 is 0 Å². The van der Waals surface area contributed by atoms with Gasteiger partial charge in [-0.25, -0.2) is 0 Å². The van der Waals surface area contributed by atoms with Crippen molar-refractivity contribution < 1.29 is 9.53 Å². The van der Waals surface area contributed by atoms with E-state index < -0.39 is 8.32 Å². The molecule has 0 unspecified atom stereocenters. The van der Waals surface area contributed by atoms with E-state index in [1.165, 1.54) is 0 Å². The van der Waals surface area contributed by atoms with Gasteiger partial charge in [0, 0.05) is 0 Å². The standard InChI is InChI=1S/C8H20O2Si/c1-8(2,3)11(4,5)10-7-6-9/h9H,6-7H2,1-5H3/i9D. The summed E-state index contributed by atoms with van der Waals surface area (Å²) >= 11 is 0. The Kier molecular flexibility index (Phi) is 3.10. The summed E-state index contributed by atoms with van der Waals surface area (Å²) < 4.78 is 12.2. The molecule has 0 spiro atoms. The van der Waals surface area contributed by atoms with Crippen molar-refractivity contribution in [3.63, 3.8) is 0 Å². The molecule has 0 aromatic carbocycles. The van der Waals surface area contributed by atoms with Gasteiger partial charge in [-0.2, -0.15) is 0 Å². The number of hydrogen-bond donors (Lipinski definition) is 1. The number of rotatable bonds is 4. The fourth-order valence-corrected chi connectivity index (χ4v) is 1.54. The molecule has 0 aliphatic rings. The molecule has 0 bridgehead atoms. The molecule has 3 heteroatoms. The van der Waals surface area contributed by atoms with Gasteiger partial charge >= 0.3 is 0 Å². The summed E-state index contributed by atoms with van der Waals surface area (Å²) in [4.78, 5) is 0. The first kappa shape index (κ1) is 9.23. The van der Waals surface area contributed by atoms with E-state index in [1.807, 2.05) is 0 Å². The normalized spacial score (nSPS) is 14.8. The Labute approximate surface area is 72.2 Å². The third-order valence-electron chi connectivity index (χ3n) is 2.35. The first-order valence-electron chi connectivity index (χ1n) is 4.44. The summed E-state index contributed by atoms with van der Waals surface area (Å²) in [6.45, 7) is 11.9. The van der Waals surface area contributed by atoms with Gasteiger partial charge in [-0.1, -0.05) is 20.8 Å². The van der Waals surface area contributed by atoms with E-state index in [1.54, 1.807) is 0 Å². The molecule has 0 aliphatic heterocycles. The maximum Gasteiger partial charge on any atom is 0.210 e. The molecular formula is C8H20O2Si. The Balaban J connectivity index is 3.88. The monoisotopic (exact) mass is 177 g/mol. The highest BCUT2D eigenvalue weighted by Gasteiger charge is 2.36. The van der Waals surface area contributed by atoms with E-state index in [9.17, 15) is 0 Å². The first-order chi connectivity index (χ1) is 5.31. The molecule has 0 aliphatic carbocycles. The highest BCUT2D eigenvalue weighted by atomic mass is 28.4. The topological polar surface area (TPSA) is 29.5 Å². The second-order valence-electron chi connectivity index (χ2n) is 4.31. The third-order valence-corrected chi connectivity index (χ3v) is 6.89. The minimum atomic E-state index is -1.61. The van der Waals surface area contributed by atoms with Gasteiger partial charge < -0.3 is 9.53 Å². The minimum absolute atomic E-state index is 0.245. The molecule has 0 aromatic heterocycles. The molecule has 68 valence electrons. The van der Waals surface area contributed by atoms with Gasteiger partial charge in [0.2, 0.25) is 1.43 Å². The van der Waals surface area contributed by atoms with Gasteiger partial charge in [0.05, 0.1) is 13.2 Å². The van der Waals surface area contributed by atoms with E-state index >= 15 is 0 Å². The van der Waals surface area contributed by atoms with Crippen LogP contribution in [0.15, 0.2) is 0 Å². The predicted octanol–water partition coefficient (Wildman–Crippen LogP) is 2.00. The highest BCUT2D eigenvalue weighted by Crippen LogP contribution is 2.36. The van der Waals surface area contributed by atoms with Gasteiger partial charge in [0.15, 0.2) is 8.32 Å². The number of aliphatic hydroxyl groups excluding tert-OH is 1. The molecule has 2 nitrogen and oxygen atoms in total. The van der Waals surface area contributed by atoms with Gasteiger partial charge in [-0.15, -0.1) is 0 Å². The lowest BCUT2D eigenvalue weighted by molar-refractivity contribution is 0.189. The van der Waals surface area contributed by atoms with Crippen molar-refractivity contribution in [1.82, 2.24) is 0 Å². The molecule has 0 heterocycles. The van der Waals surface area contributed by atoms with E-state index in [2.05, 4.69) is 39.0 Å². The smallest absolute Gasteiger partial charge is 0.210 e. The predicted molar refractivity (Wildman–Crippen MR) is 50.2 cm³/mol. The Hall–Kier alpha value is 0.137. The van der Waals surface area contributed by atoms with Crippen LogP contribution in [0.4, 0.5) is 0 Å². The molecule has 0 radical (unpaired) electrons. The molecule has 0 saturated carbocycles. The molecule has 11 heavy (non-hydrogen) atoms. The lowest BCUT2D eigenvalue weighted by Gasteiger charge is -2.35. The van der Waals surface area contributed by atoms with Crippen molar-refractivity contribution in [1.29, 1.82) is 1.43 Å². The van der Waals surface area contributed by atoms with Crippen LogP contribution in [0.2, 0.25) is 18.1 Å². The average Bonchev–Trinajstić information content (AvgIpc) is 1.85. The van der Waals surface area contributed by atoms with Gasteiger partial charge in [-0.3, -0.25) is 0 Å². The van der Waals surface area contributed by atoms with Crippen LogP contribution in [0.1, 0.15) is 20.8 Å². The van der Waals surface area contributed by atoms with Crippen LogP contribution in [0.5, 0.6) is 0 Å². The number of aliphatic hydroxyl groups is 1. The lowest BCUT2D eigenvalue weighted by Crippen LogP contribution is -2.41. The highest BCUT2D eigenvalue weighted by molar-refractivity contribution is 6.74. The summed E-state index contributed by atoms with van der Waals surface area (Å²) in [5, 5.41) is 4.44. The third kappa shape index (κ3) is 3.36. The Morgan fingerprint density at radius 1 is 1.45 bits per heavy atom. The van der Waals surface area contributed by atoms with E-state index in [0.717, 1.165) is 0 Å². The Bertz CT molecular complexity index is 132. The van der Waals surface area contributed by atoms with Crippen molar-refractivity contribution in [2.75, 3.05) is 13.2 Å². The summed E-state index contributed by atoms with van der Waals surface area (Å²) in [6.07, 6.45) is 0. The second-order valence-corrected chi connectivity index (χ2v) is 9.12. The molecular weight excluding hydrogens is 156 g/mol. The zero-order valence-electron chi connectivity index (χ0n) is 9.23. The average molecular weight is 177 g/mol.